The van der Waals surface area contributed by atoms with E-state index in [-0.39, 0.29) is 0 Å². The molecule has 0 aromatic heterocycles. The van der Waals surface area contributed by atoms with Gasteiger partial charge in [0.2, 0.25) is 0 Å². The molecule has 2 aliphatic heterocycles. The number of ether oxygens (including phenoxy) is 2. The van der Waals surface area contributed by atoms with E-state index in [9.17, 15) is 19.0 Å². The fourth-order valence-corrected chi connectivity index (χ4v) is 4.26. The minimum atomic E-state index is -0.960. The first-order valence-electron chi connectivity index (χ1n) is 9.79. The second-order valence-corrected chi connectivity index (χ2v) is 7.90. The number of β-amino-alcohol motifs (C(OH)–C–C–N with tert-alkyl or cyclic N) is 1. The molecule has 0 amide bonds. The maximum absolute atomic E-state index is 13.4. The third kappa shape index (κ3) is 4.08. The van der Waals surface area contributed by atoms with E-state index in [1.165, 1.54) is 6.07 Å². The van der Waals surface area contributed by atoms with Crippen LogP contribution in [0.3, 0.4) is 0 Å². The summed E-state index contributed by atoms with van der Waals surface area (Å²) < 4.78 is 38.1. The average molecular weight is 405 g/mol. The molecule has 0 saturated carbocycles. The zero-order valence-electron chi connectivity index (χ0n) is 16.3. The zero-order chi connectivity index (χ0) is 20.6. The fourth-order valence-electron chi connectivity index (χ4n) is 4.26. The van der Waals surface area contributed by atoms with E-state index in [1.54, 1.807) is 13.2 Å². The van der Waals surface area contributed by atoms with Crippen LogP contribution in [-0.2, 0) is 0 Å². The molecule has 0 unspecified atom stereocenters. The Hall–Kier alpha value is -2.22. The fraction of sp³-hybridized carbons (Fsp3) is 0.455. The maximum Gasteiger partial charge on any atom is 0.159 e. The second-order valence-electron chi connectivity index (χ2n) is 7.90. The Morgan fingerprint density at radius 3 is 2.62 bits per heavy atom. The predicted molar refractivity (Wildman–Crippen MR) is 103 cm³/mol. The standard InChI is InChI=1S/C22H25F2NO4/c1-28-15-3-4-16-19(26)12-22(29-21(16)11-15)6-8-25(9-7-22)13-20(27)14-2-5-17(23)18(24)10-14/h2-5,10-11,19-20,26-27H,6-9,12-13H2,1H3/t19-,20+/m1/s1. The van der Waals surface area contributed by atoms with Crippen molar-refractivity contribution in [3.05, 3.63) is 59.2 Å². The van der Waals surface area contributed by atoms with Gasteiger partial charge in [-0.1, -0.05) is 6.07 Å². The maximum atomic E-state index is 13.4. The van der Waals surface area contributed by atoms with E-state index in [4.69, 9.17) is 9.47 Å². The van der Waals surface area contributed by atoms with Crippen molar-refractivity contribution < 1.29 is 28.5 Å². The number of fused-ring (bicyclic) bond motifs is 1. The van der Waals surface area contributed by atoms with Gasteiger partial charge in [0, 0.05) is 37.7 Å². The van der Waals surface area contributed by atoms with Gasteiger partial charge in [-0.3, -0.25) is 0 Å². The van der Waals surface area contributed by atoms with Gasteiger partial charge in [-0.25, -0.2) is 8.78 Å². The molecule has 156 valence electrons. The Morgan fingerprint density at radius 1 is 1.17 bits per heavy atom. The van der Waals surface area contributed by atoms with Crippen molar-refractivity contribution in [2.45, 2.75) is 37.1 Å². The molecule has 2 heterocycles. The Labute approximate surface area is 168 Å². The number of aliphatic hydroxyl groups excluding tert-OH is 2. The van der Waals surface area contributed by atoms with Crippen molar-refractivity contribution in [2.24, 2.45) is 0 Å². The number of halogens is 2. The Bertz CT molecular complexity index is 883. The summed E-state index contributed by atoms with van der Waals surface area (Å²) in [5.74, 6) is -0.554. The summed E-state index contributed by atoms with van der Waals surface area (Å²) in [6.45, 7) is 1.67. The normalized spacial score (nSPS) is 22.0. The van der Waals surface area contributed by atoms with E-state index in [0.29, 0.717) is 56.0 Å². The number of hydrogen-bond donors (Lipinski definition) is 2. The van der Waals surface area contributed by atoms with E-state index in [0.717, 1.165) is 17.7 Å². The summed E-state index contributed by atoms with van der Waals surface area (Å²) in [6.07, 6.45) is 0.425. The number of methoxy groups -OCH3 is 1. The summed E-state index contributed by atoms with van der Waals surface area (Å²) in [6, 6.07) is 8.92. The van der Waals surface area contributed by atoms with Gasteiger partial charge in [0.25, 0.3) is 0 Å². The molecule has 7 heteroatoms. The molecule has 2 aliphatic rings. The van der Waals surface area contributed by atoms with E-state index >= 15 is 0 Å². The highest BCUT2D eigenvalue weighted by atomic mass is 19.2. The van der Waals surface area contributed by atoms with Crippen molar-refractivity contribution in [3.63, 3.8) is 0 Å². The number of piperidine rings is 1. The number of nitrogens with zero attached hydrogens (tertiary/aromatic N) is 1. The number of benzene rings is 2. The monoisotopic (exact) mass is 405 g/mol. The first-order chi connectivity index (χ1) is 13.9. The van der Waals surface area contributed by atoms with Gasteiger partial charge in [0.05, 0.1) is 19.3 Å². The van der Waals surface area contributed by atoms with Crippen LogP contribution in [0.2, 0.25) is 0 Å². The molecule has 1 spiro atoms. The van der Waals surface area contributed by atoms with Gasteiger partial charge < -0.3 is 24.6 Å². The summed E-state index contributed by atoms with van der Waals surface area (Å²) in [5, 5.41) is 21.0. The first kappa shape index (κ1) is 20.1. The lowest BCUT2D eigenvalue weighted by molar-refractivity contribution is -0.0588. The molecule has 2 aromatic carbocycles. The summed E-state index contributed by atoms with van der Waals surface area (Å²) in [5.41, 5.74) is 0.671. The molecule has 0 aliphatic carbocycles. The van der Waals surface area contributed by atoms with Crippen molar-refractivity contribution in [1.82, 2.24) is 4.90 Å². The number of aliphatic hydroxyl groups is 2. The highest BCUT2D eigenvalue weighted by Gasteiger charge is 2.43. The highest BCUT2D eigenvalue weighted by molar-refractivity contribution is 5.44. The molecule has 2 atom stereocenters. The largest absolute Gasteiger partial charge is 0.497 e. The average Bonchev–Trinajstić information content (AvgIpc) is 2.71. The van der Waals surface area contributed by atoms with Crippen molar-refractivity contribution in [1.29, 1.82) is 0 Å². The molecular weight excluding hydrogens is 380 g/mol. The molecule has 29 heavy (non-hydrogen) atoms. The molecule has 1 saturated heterocycles. The van der Waals surface area contributed by atoms with Crippen molar-refractivity contribution in [3.8, 4) is 11.5 Å². The predicted octanol–water partition coefficient (Wildman–Crippen LogP) is 3.36. The molecule has 0 bridgehead atoms. The molecule has 2 aromatic rings. The molecule has 5 nitrogen and oxygen atoms in total. The third-order valence-corrected chi connectivity index (χ3v) is 6.00. The molecule has 2 N–H and O–H groups in total. The van der Waals surface area contributed by atoms with Gasteiger partial charge in [0.15, 0.2) is 11.6 Å². The van der Waals surface area contributed by atoms with Crippen LogP contribution in [0, 0.1) is 11.6 Å². The number of hydrogen-bond acceptors (Lipinski definition) is 5. The Kier molecular flexibility index (Phi) is 5.46. The van der Waals surface area contributed by atoms with Crippen LogP contribution in [0.5, 0.6) is 11.5 Å². The lowest BCUT2D eigenvalue weighted by atomic mass is 9.81. The molecule has 0 radical (unpaired) electrons. The quantitative estimate of drug-likeness (QED) is 0.817. The van der Waals surface area contributed by atoms with Gasteiger partial charge in [0.1, 0.15) is 17.1 Å². The van der Waals surface area contributed by atoms with Crippen LogP contribution in [0.15, 0.2) is 36.4 Å². The Balaban J connectivity index is 1.40. The van der Waals surface area contributed by atoms with Gasteiger partial charge in [-0.2, -0.15) is 0 Å². The van der Waals surface area contributed by atoms with E-state index in [1.807, 2.05) is 12.1 Å². The minimum Gasteiger partial charge on any atom is -0.497 e. The van der Waals surface area contributed by atoms with Crippen LogP contribution in [0.1, 0.15) is 42.6 Å². The lowest BCUT2D eigenvalue weighted by Crippen LogP contribution is -2.51. The van der Waals surface area contributed by atoms with Gasteiger partial charge in [-0.15, -0.1) is 0 Å². The smallest absolute Gasteiger partial charge is 0.159 e. The Morgan fingerprint density at radius 2 is 1.93 bits per heavy atom. The molecular formula is C22H25F2NO4. The van der Waals surface area contributed by atoms with Crippen LogP contribution in [-0.4, -0.2) is 47.5 Å². The molecule has 1 fully saturated rings. The van der Waals surface area contributed by atoms with E-state index in [2.05, 4.69) is 4.90 Å². The van der Waals surface area contributed by atoms with Crippen molar-refractivity contribution in [2.75, 3.05) is 26.7 Å². The van der Waals surface area contributed by atoms with Gasteiger partial charge >= 0.3 is 0 Å². The van der Waals surface area contributed by atoms with Crippen LogP contribution in [0.25, 0.3) is 0 Å². The topological polar surface area (TPSA) is 62.2 Å². The van der Waals surface area contributed by atoms with Crippen molar-refractivity contribution >= 4 is 0 Å². The summed E-state index contributed by atoms with van der Waals surface area (Å²) in [4.78, 5) is 2.08. The van der Waals surface area contributed by atoms with E-state index < -0.39 is 29.4 Å². The third-order valence-electron chi connectivity index (χ3n) is 6.00. The summed E-state index contributed by atoms with van der Waals surface area (Å²) in [7, 11) is 1.59. The lowest BCUT2D eigenvalue weighted by Gasteiger charge is -2.46. The zero-order valence-corrected chi connectivity index (χ0v) is 16.3. The minimum absolute atomic E-state index is 0.327. The van der Waals surface area contributed by atoms with Crippen LogP contribution >= 0.6 is 0 Å². The highest BCUT2D eigenvalue weighted by Crippen LogP contribution is 2.45. The van der Waals surface area contributed by atoms with Gasteiger partial charge in [-0.05, 0) is 42.7 Å². The first-order valence-corrected chi connectivity index (χ1v) is 9.79. The molecule has 4 rings (SSSR count). The van der Waals surface area contributed by atoms with Crippen LogP contribution in [0.4, 0.5) is 8.78 Å². The number of rotatable bonds is 4. The summed E-state index contributed by atoms with van der Waals surface area (Å²) >= 11 is 0. The SMILES string of the molecule is COc1ccc2c(c1)OC1(CCN(C[C@H](O)c3ccc(F)c(F)c3)CC1)C[C@H]2O. The van der Waals surface area contributed by atoms with Crippen LogP contribution < -0.4 is 9.47 Å². The second kappa shape index (κ2) is 7.89. The number of likely N-dealkylation sites (tertiary alicyclic amines) is 1.